The molecule has 86 valence electrons. The van der Waals surface area contributed by atoms with Crippen molar-refractivity contribution in [2.24, 2.45) is 0 Å². The highest BCUT2D eigenvalue weighted by atomic mass is 16.5. The number of hydrogen-bond donors (Lipinski definition) is 1. The number of ether oxygens (including phenoxy) is 1. The van der Waals surface area contributed by atoms with Gasteiger partial charge in [0.1, 0.15) is 0 Å². The molecule has 2 nitrogen and oxygen atoms in total. The van der Waals surface area contributed by atoms with Crippen molar-refractivity contribution >= 4 is 0 Å². The molecule has 0 amide bonds. The third-order valence-electron chi connectivity index (χ3n) is 2.67. The first-order valence-electron chi connectivity index (χ1n) is 5.75. The molecule has 0 aliphatic carbocycles. The molecule has 1 unspecified atom stereocenters. The lowest BCUT2D eigenvalue weighted by atomic mass is 9.97. The van der Waals surface area contributed by atoms with Crippen LogP contribution in [0.15, 0.2) is 0 Å². The van der Waals surface area contributed by atoms with E-state index in [1.165, 1.54) is 19.3 Å². The van der Waals surface area contributed by atoms with E-state index in [-0.39, 0.29) is 11.7 Å². The quantitative estimate of drug-likeness (QED) is 0.613. The molecule has 14 heavy (non-hydrogen) atoms. The minimum Gasteiger partial charge on any atom is -0.393 e. The molecular formula is C12H26O2. The summed E-state index contributed by atoms with van der Waals surface area (Å²) >= 11 is 0. The highest BCUT2D eigenvalue weighted by Crippen LogP contribution is 2.18. The van der Waals surface area contributed by atoms with Crippen LogP contribution >= 0.6 is 0 Å². The highest BCUT2D eigenvalue weighted by Gasteiger charge is 2.20. The largest absolute Gasteiger partial charge is 0.393 e. The Balaban J connectivity index is 3.49. The molecule has 0 rings (SSSR count). The first kappa shape index (κ1) is 13.9. The van der Waals surface area contributed by atoms with Crippen molar-refractivity contribution in [3.8, 4) is 0 Å². The van der Waals surface area contributed by atoms with Crippen molar-refractivity contribution in [2.45, 2.75) is 71.0 Å². The maximum absolute atomic E-state index is 9.74. The van der Waals surface area contributed by atoms with E-state index in [0.717, 1.165) is 19.3 Å². The third kappa shape index (κ3) is 7.34. The van der Waals surface area contributed by atoms with Gasteiger partial charge in [0.2, 0.25) is 0 Å². The van der Waals surface area contributed by atoms with E-state index >= 15 is 0 Å². The molecule has 0 aliphatic heterocycles. The van der Waals surface area contributed by atoms with Crippen LogP contribution < -0.4 is 0 Å². The Bertz CT molecular complexity index is 132. The summed E-state index contributed by atoms with van der Waals surface area (Å²) in [7, 11) is 1.70. The standard InChI is InChI=1S/C12H26O2/c1-5-6-7-8-9-11(13)10-12(2,3)14-4/h11,13H,5-10H2,1-4H3. The number of aliphatic hydroxyl groups is 1. The van der Waals surface area contributed by atoms with E-state index in [1.54, 1.807) is 7.11 Å². The molecule has 2 heteroatoms. The van der Waals surface area contributed by atoms with Crippen molar-refractivity contribution in [1.82, 2.24) is 0 Å². The first-order chi connectivity index (χ1) is 6.52. The summed E-state index contributed by atoms with van der Waals surface area (Å²) in [5, 5.41) is 9.74. The second-order valence-electron chi connectivity index (χ2n) is 4.67. The van der Waals surface area contributed by atoms with Crippen LogP contribution in [0.4, 0.5) is 0 Å². The van der Waals surface area contributed by atoms with Crippen molar-refractivity contribution in [3.63, 3.8) is 0 Å². The maximum Gasteiger partial charge on any atom is 0.0647 e. The van der Waals surface area contributed by atoms with E-state index in [2.05, 4.69) is 6.92 Å². The van der Waals surface area contributed by atoms with Gasteiger partial charge in [0.15, 0.2) is 0 Å². The van der Waals surface area contributed by atoms with E-state index in [0.29, 0.717) is 0 Å². The molecule has 0 saturated heterocycles. The van der Waals surface area contributed by atoms with Crippen LogP contribution in [0.3, 0.4) is 0 Å². The molecule has 0 fully saturated rings. The maximum atomic E-state index is 9.74. The fourth-order valence-corrected chi connectivity index (χ4v) is 1.56. The number of aliphatic hydroxyl groups excluding tert-OH is 1. The molecule has 0 heterocycles. The molecule has 0 aromatic carbocycles. The van der Waals surface area contributed by atoms with Gasteiger partial charge in [-0.2, -0.15) is 0 Å². The van der Waals surface area contributed by atoms with Gasteiger partial charge in [-0.05, 0) is 20.3 Å². The van der Waals surface area contributed by atoms with Gasteiger partial charge in [0.25, 0.3) is 0 Å². The summed E-state index contributed by atoms with van der Waals surface area (Å²) in [6, 6.07) is 0. The first-order valence-corrected chi connectivity index (χ1v) is 5.75. The predicted molar refractivity (Wildman–Crippen MR) is 60.5 cm³/mol. The summed E-state index contributed by atoms with van der Waals surface area (Å²) in [6.07, 6.45) is 6.33. The van der Waals surface area contributed by atoms with E-state index in [9.17, 15) is 5.11 Å². The van der Waals surface area contributed by atoms with E-state index in [4.69, 9.17) is 4.74 Å². The lowest BCUT2D eigenvalue weighted by molar-refractivity contribution is -0.0215. The van der Waals surface area contributed by atoms with Gasteiger partial charge < -0.3 is 9.84 Å². The van der Waals surface area contributed by atoms with Crippen molar-refractivity contribution < 1.29 is 9.84 Å². The van der Waals surface area contributed by atoms with Crippen LogP contribution in [-0.2, 0) is 4.74 Å². The number of rotatable bonds is 8. The molecule has 0 bridgehead atoms. The Morgan fingerprint density at radius 2 is 1.86 bits per heavy atom. The summed E-state index contributed by atoms with van der Waals surface area (Å²) in [5.41, 5.74) is -0.190. The van der Waals surface area contributed by atoms with Gasteiger partial charge in [0.05, 0.1) is 11.7 Å². The average Bonchev–Trinajstić information content (AvgIpc) is 2.12. The lowest BCUT2D eigenvalue weighted by Gasteiger charge is -2.25. The van der Waals surface area contributed by atoms with Crippen LogP contribution in [0, 0.1) is 0 Å². The van der Waals surface area contributed by atoms with Gasteiger partial charge in [-0.3, -0.25) is 0 Å². The van der Waals surface area contributed by atoms with Crippen molar-refractivity contribution in [2.75, 3.05) is 7.11 Å². The Hall–Kier alpha value is -0.0800. The van der Waals surface area contributed by atoms with Crippen LogP contribution in [0.2, 0.25) is 0 Å². The molecule has 0 aliphatic rings. The molecule has 0 aromatic heterocycles. The minimum absolute atomic E-state index is 0.190. The summed E-state index contributed by atoms with van der Waals surface area (Å²) in [6.45, 7) is 6.23. The Kier molecular flexibility index (Phi) is 7.20. The number of hydrogen-bond acceptors (Lipinski definition) is 2. The predicted octanol–water partition coefficient (Wildman–Crippen LogP) is 3.13. The van der Waals surface area contributed by atoms with Crippen LogP contribution in [0.5, 0.6) is 0 Å². The van der Waals surface area contributed by atoms with Crippen LogP contribution in [0.25, 0.3) is 0 Å². The topological polar surface area (TPSA) is 29.5 Å². The fourth-order valence-electron chi connectivity index (χ4n) is 1.56. The smallest absolute Gasteiger partial charge is 0.0647 e. The zero-order valence-corrected chi connectivity index (χ0v) is 10.2. The highest BCUT2D eigenvalue weighted by molar-refractivity contribution is 4.72. The average molecular weight is 202 g/mol. The molecule has 1 N–H and O–H groups in total. The molecule has 0 radical (unpaired) electrons. The molecule has 0 saturated carbocycles. The summed E-state index contributed by atoms with van der Waals surface area (Å²) in [5.74, 6) is 0. The van der Waals surface area contributed by atoms with Gasteiger partial charge in [-0.1, -0.05) is 32.6 Å². The van der Waals surface area contributed by atoms with Crippen LogP contribution in [-0.4, -0.2) is 23.9 Å². The minimum atomic E-state index is -0.207. The normalized spacial score (nSPS) is 14.4. The summed E-state index contributed by atoms with van der Waals surface area (Å²) in [4.78, 5) is 0. The van der Waals surface area contributed by atoms with E-state index < -0.39 is 0 Å². The fraction of sp³-hybridized carbons (Fsp3) is 1.00. The van der Waals surface area contributed by atoms with Crippen molar-refractivity contribution in [3.05, 3.63) is 0 Å². The van der Waals surface area contributed by atoms with Gasteiger partial charge in [-0.25, -0.2) is 0 Å². The zero-order valence-electron chi connectivity index (χ0n) is 10.2. The molecule has 0 aromatic rings. The SMILES string of the molecule is CCCCCCC(O)CC(C)(C)OC. The Morgan fingerprint density at radius 3 is 2.36 bits per heavy atom. The van der Waals surface area contributed by atoms with Crippen LogP contribution in [0.1, 0.15) is 59.3 Å². The van der Waals surface area contributed by atoms with Gasteiger partial charge >= 0.3 is 0 Å². The second kappa shape index (κ2) is 7.24. The lowest BCUT2D eigenvalue weighted by Crippen LogP contribution is -2.28. The molecule has 1 atom stereocenters. The summed E-state index contributed by atoms with van der Waals surface area (Å²) < 4.78 is 5.28. The molecular weight excluding hydrogens is 176 g/mol. The zero-order chi connectivity index (χ0) is 11.0. The van der Waals surface area contributed by atoms with E-state index in [1.807, 2.05) is 13.8 Å². The van der Waals surface area contributed by atoms with Gasteiger partial charge in [0, 0.05) is 13.5 Å². The second-order valence-corrected chi connectivity index (χ2v) is 4.67. The number of unbranched alkanes of at least 4 members (excludes halogenated alkanes) is 3. The third-order valence-corrected chi connectivity index (χ3v) is 2.67. The monoisotopic (exact) mass is 202 g/mol. The Labute approximate surface area is 88.7 Å². The van der Waals surface area contributed by atoms with Gasteiger partial charge in [-0.15, -0.1) is 0 Å². The Morgan fingerprint density at radius 1 is 1.21 bits per heavy atom. The molecule has 0 spiro atoms. The number of methoxy groups -OCH3 is 1. The van der Waals surface area contributed by atoms with Crippen molar-refractivity contribution in [1.29, 1.82) is 0 Å².